The standard InChI is InChI=1S/C4H10FO3P/c1-2-3-4-8-9(5,6)7/h2-4H2,1H3,(H,6,7). The Kier molecular flexibility index (Phi) is 4.02. The van der Waals surface area contributed by atoms with Crippen LogP contribution in [0.4, 0.5) is 4.20 Å². The first-order valence-electron chi connectivity index (χ1n) is 2.73. The zero-order valence-electron chi connectivity index (χ0n) is 5.21. The molecule has 0 radical (unpaired) electrons. The number of unbranched alkanes of at least 4 members (excludes halogenated alkanes) is 1. The number of hydrogen-bond donors (Lipinski definition) is 1. The van der Waals surface area contributed by atoms with Crippen molar-refractivity contribution < 1.29 is 18.2 Å². The van der Waals surface area contributed by atoms with Crippen LogP contribution in [0.5, 0.6) is 0 Å². The molecule has 1 unspecified atom stereocenters. The topological polar surface area (TPSA) is 46.5 Å². The van der Waals surface area contributed by atoms with Crippen molar-refractivity contribution in [3.63, 3.8) is 0 Å². The minimum atomic E-state index is -4.70. The van der Waals surface area contributed by atoms with Gasteiger partial charge in [-0.1, -0.05) is 13.3 Å². The SMILES string of the molecule is CCCCOP(=O)(O)F. The van der Waals surface area contributed by atoms with E-state index in [0.29, 0.717) is 6.42 Å². The molecule has 0 aromatic carbocycles. The van der Waals surface area contributed by atoms with Crippen LogP contribution in [0.1, 0.15) is 19.8 Å². The van der Waals surface area contributed by atoms with E-state index in [4.69, 9.17) is 4.89 Å². The maximum Gasteiger partial charge on any atom is 0.510 e. The van der Waals surface area contributed by atoms with Crippen molar-refractivity contribution in [1.29, 1.82) is 0 Å². The van der Waals surface area contributed by atoms with Gasteiger partial charge in [-0.3, -0.25) is 9.42 Å². The maximum atomic E-state index is 11.6. The lowest BCUT2D eigenvalue weighted by Crippen LogP contribution is -1.87. The van der Waals surface area contributed by atoms with E-state index in [1.54, 1.807) is 0 Å². The first-order valence-corrected chi connectivity index (χ1v) is 4.20. The van der Waals surface area contributed by atoms with Gasteiger partial charge in [0.1, 0.15) is 0 Å². The molecule has 0 bridgehead atoms. The number of halogens is 1. The summed E-state index contributed by atoms with van der Waals surface area (Å²) in [5.41, 5.74) is 0. The predicted octanol–water partition coefficient (Wildman–Crippen LogP) is 1.87. The van der Waals surface area contributed by atoms with E-state index in [1.807, 2.05) is 6.92 Å². The molecule has 56 valence electrons. The Labute approximate surface area is 53.5 Å². The lowest BCUT2D eigenvalue weighted by Gasteiger charge is -1.99. The summed E-state index contributed by atoms with van der Waals surface area (Å²) in [5, 5.41) is 0. The second-order valence-corrected chi connectivity index (χ2v) is 2.80. The van der Waals surface area contributed by atoms with Gasteiger partial charge in [-0.25, -0.2) is 4.57 Å². The molecule has 3 nitrogen and oxygen atoms in total. The summed E-state index contributed by atoms with van der Waals surface area (Å²) in [6.07, 6.45) is 1.43. The number of hydrogen-bond acceptors (Lipinski definition) is 2. The van der Waals surface area contributed by atoms with Gasteiger partial charge in [0, 0.05) is 0 Å². The van der Waals surface area contributed by atoms with E-state index in [0.717, 1.165) is 6.42 Å². The zero-order chi connectivity index (χ0) is 7.33. The van der Waals surface area contributed by atoms with Crippen molar-refractivity contribution in [3.8, 4) is 0 Å². The van der Waals surface area contributed by atoms with Gasteiger partial charge >= 0.3 is 7.91 Å². The van der Waals surface area contributed by atoms with Gasteiger partial charge in [0.2, 0.25) is 0 Å². The van der Waals surface area contributed by atoms with Crippen molar-refractivity contribution in [1.82, 2.24) is 0 Å². The predicted molar refractivity (Wildman–Crippen MR) is 31.8 cm³/mol. The van der Waals surface area contributed by atoms with Crippen LogP contribution in [-0.4, -0.2) is 11.5 Å². The molecule has 0 fully saturated rings. The van der Waals surface area contributed by atoms with Gasteiger partial charge in [0.05, 0.1) is 6.61 Å². The third-order valence-electron chi connectivity index (χ3n) is 0.748. The van der Waals surface area contributed by atoms with Gasteiger partial charge in [-0.05, 0) is 6.42 Å². The molecule has 1 atom stereocenters. The van der Waals surface area contributed by atoms with Gasteiger partial charge in [-0.15, -0.1) is 4.20 Å². The maximum absolute atomic E-state index is 11.6. The summed E-state index contributed by atoms with van der Waals surface area (Å²) in [7, 11) is -4.70. The molecule has 0 aliphatic rings. The third kappa shape index (κ3) is 8.08. The van der Waals surface area contributed by atoms with Gasteiger partial charge in [0.25, 0.3) is 0 Å². The van der Waals surface area contributed by atoms with Crippen LogP contribution in [0.15, 0.2) is 0 Å². The average Bonchev–Trinajstić information content (AvgIpc) is 1.63. The first-order chi connectivity index (χ1) is 4.06. The molecular formula is C4H10FO3P. The molecule has 9 heavy (non-hydrogen) atoms. The Balaban J connectivity index is 3.18. The van der Waals surface area contributed by atoms with Gasteiger partial charge < -0.3 is 0 Å². The third-order valence-corrected chi connectivity index (χ3v) is 1.25. The van der Waals surface area contributed by atoms with Gasteiger partial charge in [0.15, 0.2) is 0 Å². The Hall–Kier alpha value is 0.0800. The molecule has 0 aliphatic heterocycles. The van der Waals surface area contributed by atoms with Crippen LogP contribution in [0.3, 0.4) is 0 Å². The quantitative estimate of drug-likeness (QED) is 0.499. The molecule has 0 saturated carbocycles. The van der Waals surface area contributed by atoms with E-state index < -0.39 is 7.91 Å². The fraction of sp³-hybridized carbons (Fsp3) is 1.00. The monoisotopic (exact) mass is 156 g/mol. The van der Waals surface area contributed by atoms with Crippen LogP contribution >= 0.6 is 7.91 Å². The van der Waals surface area contributed by atoms with Crippen LogP contribution in [0.25, 0.3) is 0 Å². The summed E-state index contributed by atoms with van der Waals surface area (Å²) in [4.78, 5) is 7.91. The highest BCUT2D eigenvalue weighted by atomic mass is 31.2. The molecule has 0 amide bonds. The summed E-state index contributed by atoms with van der Waals surface area (Å²) >= 11 is 0. The van der Waals surface area contributed by atoms with E-state index in [9.17, 15) is 8.76 Å². The van der Waals surface area contributed by atoms with Crippen molar-refractivity contribution in [2.75, 3.05) is 6.61 Å². The number of rotatable bonds is 4. The largest absolute Gasteiger partial charge is 0.510 e. The molecule has 0 aromatic heterocycles. The smallest absolute Gasteiger partial charge is 0.299 e. The highest BCUT2D eigenvalue weighted by Crippen LogP contribution is 2.43. The Bertz CT molecular complexity index is 110. The van der Waals surface area contributed by atoms with Crippen molar-refractivity contribution in [2.45, 2.75) is 19.8 Å². The fourth-order valence-corrected chi connectivity index (χ4v) is 0.676. The van der Waals surface area contributed by atoms with E-state index >= 15 is 0 Å². The van der Waals surface area contributed by atoms with Crippen molar-refractivity contribution >= 4 is 7.91 Å². The van der Waals surface area contributed by atoms with Crippen molar-refractivity contribution in [2.24, 2.45) is 0 Å². The summed E-state index contributed by atoms with van der Waals surface area (Å²) < 4.78 is 25.3. The summed E-state index contributed by atoms with van der Waals surface area (Å²) in [5.74, 6) is 0. The van der Waals surface area contributed by atoms with Crippen LogP contribution in [0, 0.1) is 0 Å². The molecule has 0 rings (SSSR count). The normalized spacial score (nSPS) is 17.2. The Morgan fingerprint density at radius 1 is 1.78 bits per heavy atom. The molecule has 0 aliphatic carbocycles. The second-order valence-electron chi connectivity index (χ2n) is 1.64. The lowest BCUT2D eigenvalue weighted by atomic mass is 10.4. The molecule has 5 heteroatoms. The van der Waals surface area contributed by atoms with Gasteiger partial charge in [-0.2, -0.15) is 0 Å². The molecule has 0 saturated heterocycles. The second kappa shape index (κ2) is 3.99. The molecule has 1 N–H and O–H groups in total. The lowest BCUT2D eigenvalue weighted by molar-refractivity contribution is 0.223. The van der Waals surface area contributed by atoms with E-state index in [1.165, 1.54) is 0 Å². The summed E-state index contributed by atoms with van der Waals surface area (Å²) in [6.45, 7) is 1.89. The van der Waals surface area contributed by atoms with Crippen molar-refractivity contribution in [3.05, 3.63) is 0 Å². The first kappa shape index (κ1) is 9.08. The summed E-state index contributed by atoms with van der Waals surface area (Å²) in [6, 6.07) is 0. The van der Waals surface area contributed by atoms with Crippen LogP contribution < -0.4 is 0 Å². The van der Waals surface area contributed by atoms with E-state index in [2.05, 4.69) is 4.52 Å². The minimum absolute atomic E-state index is 0.0147. The Morgan fingerprint density at radius 3 is 2.67 bits per heavy atom. The molecule has 0 heterocycles. The van der Waals surface area contributed by atoms with E-state index in [-0.39, 0.29) is 6.61 Å². The highest BCUT2D eigenvalue weighted by Gasteiger charge is 2.15. The zero-order valence-corrected chi connectivity index (χ0v) is 6.10. The fourth-order valence-electron chi connectivity index (χ4n) is 0.321. The highest BCUT2D eigenvalue weighted by molar-refractivity contribution is 7.46. The minimum Gasteiger partial charge on any atom is -0.299 e. The Morgan fingerprint density at radius 2 is 2.33 bits per heavy atom. The average molecular weight is 156 g/mol. The van der Waals surface area contributed by atoms with Crippen LogP contribution in [0.2, 0.25) is 0 Å². The molecule has 0 spiro atoms. The molecular weight excluding hydrogens is 146 g/mol. The van der Waals surface area contributed by atoms with Crippen LogP contribution in [-0.2, 0) is 9.09 Å². The molecule has 0 aromatic rings.